The highest BCUT2D eigenvalue weighted by molar-refractivity contribution is 5.22. The van der Waals surface area contributed by atoms with Gasteiger partial charge in [0.1, 0.15) is 0 Å². The molecule has 0 unspecified atom stereocenters. The third-order valence-electron chi connectivity index (χ3n) is 0.398. The summed E-state index contributed by atoms with van der Waals surface area (Å²) < 4.78 is 0. The molecule has 0 aromatic carbocycles. The Morgan fingerprint density at radius 1 is 1.57 bits per heavy atom. The van der Waals surface area contributed by atoms with E-state index in [0.29, 0.717) is 0 Å². The Balaban J connectivity index is 3.08. The van der Waals surface area contributed by atoms with Gasteiger partial charge in [0.25, 0.3) is 0 Å². The molecular formula is C5H8N2. The lowest BCUT2D eigenvalue weighted by Gasteiger charge is -1.79. The van der Waals surface area contributed by atoms with Crippen LogP contribution in [0.25, 0.3) is 0 Å². The molecule has 0 aliphatic heterocycles. The van der Waals surface area contributed by atoms with Crippen molar-refractivity contribution < 1.29 is 0 Å². The molecule has 1 N–H and O–H groups in total. The Hall–Kier alpha value is -1.05. The first-order valence-electron chi connectivity index (χ1n) is 1.90. The van der Waals surface area contributed by atoms with Gasteiger partial charge in [0.2, 0.25) is 0 Å². The van der Waals surface area contributed by atoms with Gasteiger partial charge in [-0.25, -0.2) is 0 Å². The standard InChI is InChI=1S/C5H8N2/c1-3-4-5-7-6-2/h3-5,7H,1-2H2/b5-4-. The average Bonchev–Trinajstić information content (AvgIpc) is 1.69. The molecule has 0 aromatic heterocycles. The zero-order valence-corrected chi connectivity index (χ0v) is 4.09. The van der Waals surface area contributed by atoms with Crippen LogP contribution in [-0.4, -0.2) is 6.72 Å². The molecule has 2 heteroatoms. The quantitative estimate of drug-likeness (QED) is 0.315. The lowest BCUT2D eigenvalue weighted by molar-refractivity contribution is 0.982. The summed E-state index contributed by atoms with van der Waals surface area (Å²) >= 11 is 0. The van der Waals surface area contributed by atoms with Crippen LogP contribution >= 0.6 is 0 Å². The Labute approximate surface area is 43.2 Å². The zero-order chi connectivity index (χ0) is 5.54. The highest BCUT2D eigenvalue weighted by atomic mass is 15.3. The summed E-state index contributed by atoms with van der Waals surface area (Å²) in [5, 5.41) is 3.34. The summed E-state index contributed by atoms with van der Waals surface area (Å²) in [4.78, 5) is 0. The molecule has 0 aliphatic rings. The summed E-state index contributed by atoms with van der Waals surface area (Å²) in [5.41, 5.74) is 2.51. The molecule has 0 aromatic rings. The summed E-state index contributed by atoms with van der Waals surface area (Å²) in [5.74, 6) is 0. The van der Waals surface area contributed by atoms with Crippen LogP contribution in [0.2, 0.25) is 0 Å². The number of hydrogen-bond acceptors (Lipinski definition) is 2. The molecule has 0 spiro atoms. The second kappa shape index (κ2) is 4.95. The topological polar surface area (TPSA) is 24.4 Å². The van der Waals surface area contributed by atoms with Crippen LogP contribution in [0, 0.1) is 0 Å². The number of hydrazone groups is 1. The minimum atomic E-state index is 1.64. The van der Waals surface area contributed by atoms with Crippen molar-refractivity contribution >= 4 is 6.72 Å². The van der Waals surface area contributed by atoms with Gasteiger partial charge in [-0.05, 0) is 6.08 Å². The maximum absolute atomic E-state index is 3.44. The molecule has 2 nitrogen and oxygen atoms in total. The van der Waals surface area contributed by atoms with Crippen molar-refractivity contribution in [2.75, 3.05) is 0 Å². The molecule has 0 fully saturated rings. The fraction of sp³-hybridized carbons (Fsp3) is 0. The van der Waals surface area contributed by atoms with Gasteiger partial charge in [-0.3, -0.25) is 5.43 Å². The fourth-order valence-corrected chi connectivity index (χ4v) is 0.164. The van der Waals surface area contributed by atoms with E-state index in [9.17, 15) is 0 Å². The van der Waals surface area contributed by atoms with Gasteiger partial charge in [0.05, 0.1) is 0 Å². The van der Waals surface area contributed by atoms with Crippen LogP contribution in [0.15, 0.2) is 30.0 Å². The fourth-order valence-electron chi connectivity index (χ4n) is 0.164. The van der Waals surface area contributed by atoms with E-state index in [1.807, 2.05) is 0 Å². The molecule has 0 atom stereocenters. The Morgan fingerprint density at radius 3 is 2.71 bits per heavy atom. The lowest BCUT2D eigenvalue weighted by atomic mass is 10.6. The summed E-state index contributed by atoms with van der Waals surface area (Å²) in [6.45, 7) is 6.63. The maximum Gasteiger partial charge on any atom is 0.0199 e. The molecule has 0 saturated carbocycles. The molecule has 38 valence electrons. The Kier molecular flexibility index (Phi) is 4.21. The van der Waals surface area contributed by atoms with E-state index in [2.05, 4.69) is 23.8 Å². The molecule has 0 rings (SSSR count). The van der Waals surface area contributed by atoms with Gasteiger partial charge < -0.3 is 0 Å². The van der Waals surface area contributed by atoms with E-state index in [-0.39, 0.29) is 0 Å². The van der Waals surface area contributed by atoms with Gasteiger partial charge in [0.15, 0.2) is 0 Å². The van der Waals surface area contributed by atoms with Crippen molar-refractivity contribution in [3.63, 3.8) is 0 Å². The highest BCUT2D eigenvalue weighted by Crippen LogP contribution is 1.64. The molecule has 0 amide bonds. The van der Waals surface area contributed by atoms with E-state index in [0.717, 1.165) is 0 Å². The zero-order valence-electron chi connectivity index (χ0n) is 4.09. The summed E-state index contributed by atoms with van der Waals surface area (Å²) in [6, 6.07) is 0. The predicted octanol–water partition coefficient (Wildman–Crippen LogP) is 0.891. The van der Waals surface area contributed by atoms with Crippen molar-refractivity contribution in [3.05, 3.63) is 24.9 Å². The Morgan fingerprint density at radius 2 is 2.29 bits per heavy atom. The number of nitrogens with one attached hydrogen (secondary N) is 1. The first kappa shape index (κ1) is 5.95. The normalized spacial score (nSPS) is 8.57. The molecule has 0 heterocycles. The summed E-state index contributed by atoms with van der Waals surface area (Å²) in [6.07, 6.45) is 5.02. The van der Waals surface area contributed by atoms with Crippen molar-refractivity contribution in [1.29, 1.82) is 0 Å². The third-order valence-corrected chi connectivity index (χ3v) is 0.398. The van der Waals surface area contributed by atoms with Crippen molar-refractivity contribution in [1.82, 2.24) is 5.43 Å². The van der Waals surface area contributed by atoms with Crippen LogP contribution < -0.4 is 5.43 Å². The molecule has 0 radical (unpaired) electrons. The smallest absolute Gasteiger partial charge is 0.0199 e. The van der Waals surface area contributed by atoms with E-state index in [4.69, 9.17) is 0 Å². The van der Waals surface area contributed by atoms with Crippen LogP contribution in [0.4, 0.5) is 0 Å². The highest BCUT2D eigenvalue weighted by Gasteiger charge is 1.54. The second-order valence-corrected chi connectivity index (χ2v) is 0.882. The minimum absolute atomic E-state index is 1.64. The van der Waals surface area contributed by atoms with Crippen LogP contribution in [0.3, 0.4) is 0 Å². The second-order valence-electron chi connectivity index (χ2n) is 0.882. The van der Waals surface area contributed by atoms with Crippen LogP contribution in [0.1, 0.15) is 0 Å². The van der Waals surface area contributed by atoms with Gasteiger partial charge in [0, 0.05) is 12.9 Å². The number of nitrogens with zero attached hydrogens (tertiary/aromatic N) is 1. The maximum atomic E-state index is 3.44. The van der Waals surface area contributed by atoms with Crippen molar-refractivity contribution in [3.8, 4) is 0 Å². The number of rotatable bonds is 3. The van der Waals surface area contributed by atoms with Crippen molar-refractivity contribution in [2.24, 2.45) is 5.10 Å². The first-order chi connectivity index (χ1) is 3.41. The molecule has 0 aliphatic carbocycles. The number of allylic oxidation sites excluding steroid dienone is 2. The van der Waals surface area contributed by atoms with E-state index in [1.54, 1.807) is 18.4 Å². The van der Waals surface area contributed by atoms with Gasteiger partial charge in [-0.1, -0.05) is 12.7 Å². The average molecular weight is 96.1 g/mol. The SMILES string of the molecule is C=C/C=C\NN=C. The van der Waals surface area contributed by atoms with E-state index < -0.39 is 0 Å². The van der Waals surface area contributed by atoms with E-state index in [1.165, 1.54) is 0 Å². The molecule has 0 bridgehead atoms. The van der Waals surface area contributed by atoms with Crippen molar-refractivity contribution in [2.45, 2.75) is 0 Å². The van der Waals surface area contributed by atoms with Gasteiger partial charge in [-0.2, -0.15) is 5.10 Å². The third kappa shape index (κ3) is 4.95. The van der Waals surface area contributed by atoms with Gasteiger partial charge >= 0.3 is 0 Å². The van der Waals surface area contributed by atoms with E-state index >= 15 is 0 Å². The summed E-state index contributed by atoms with van der Waals surface area (Å²) in [7, 11) is 0. The van der Waals surface area contributed by atoms with Gasteiger partial charge in [-0.15, -0.1) is 0 Å². The first-order valence-corrected chi connectivity index (χ1v) is 1.90. The minimum Gasteiger partial charge on any atom is -0.286 e. The molecule has 7 heavy (non-hydrogen) atoms. The lowest BCUT2D eigenvalue weighted by Crippen LogP contribution is -1.87. The molecule has 0 saturated heterocycles. The largest absolute Gasteiger partial charge is 0.286 e. The van der Waals surface area contributed by atoms with Crippen LogP contribution in [-0.2, 0) is 0 Å². The van der Waals surface area contributed by atoms with Crippen LogP contribution in [0.5, 0.6) is 0 Å². The number of hydrogen-bond donors (Lipinski definition) is 1. The molecular weight excluding hydrogens is 88.1 g/mol. The Bertz CT molecular complexity index is 84.1. The monoisotopic (exact) mass is 96.1 g/mol. The predicted molar refractivity (Wildman–Crippen MR) is 32.0 cm³/mol.